The van der Waals surface area contributed by atoms with Crippen molar-refractivity contribution in [1.82, 2.24) is 19.6 Å². The van der Waals surface area contributed by atoms with Gasteiger partial charge in [-0.05, 0) is 56.5 Å². The van der Waals surface area contributed by atoms with Gasteiger partial charge < -0.3 is 24.1 Å². The molecule has 2 aliphatic heterocycles. The van der Waals surface area contributed by atoms with Crippen LogP contribution in [0.3, 0.4) is 0 Å². The molecule has 1 amide bonds. The molecule has 2 aromatic heterocycles. The van der Waals surface area contributed by atoms with Crippen molar-refractivity contribution >= 4 is 24.1 Å². The van der Waals surface area contributed by atoms with Gasteiger partial charge >= 0.3 is 0 Å². The van der Waals surface area contributed by atoms with Crippen molar-refractivity contribution in [3.05, 3.63) is 71.7 Å². The summed E-state index contributed by atoms with van der Waals surface area (Å²) >= 11 is 0. The van der Waals surface area contributed by atoms with E-state index in [1.807, 2.05) is 47.7 Å². The third-order valence-electron chi connectivity index (χ3n) is 6.95. The van der Waals surface area contributed by atoms with E-state index in [1.165, 1.54) is 0 Å². The number of hydrogen-bond donors (Lipinski definition) is 1. The zero-order valence-corrected chi connectivity index (χ0v) is 19.9. The highest BCUT2D eigenvalue weighted by Crippen LogP contribution is 2.26. The van der Waals surface area contributed by atoms with Crippen LogP contribution in [0.15, 0.2) is 55.0 Å². The average molecular weight is 479 g/mol. The van der Waals surface area contributed by atoms with Gasteiger partial charge in [0.1, 0.15) is 12.4 Å². The smallest absolute Gasteiger partial charge is 0.253 e. The number of carbonyl (C=O) groups excluding carboxylic acids is 3. The lowest BCUT2D eigenvalue weighted by Crippen LogP contribution is -2.45. The van der Waals surface area contributed by atoms with E-state index in [2.05, 4.69) is 15.2 Å². The lowest BCUT2D eigenvalue weighted by molar-refractivity contribution is -0.0980. The molecule has 4 heterocycles. The number of nitrogens with zero attached hydrogens (tertiary/aromatic N) is 3. The lowest BCUT2D eigenvalue weighted by Gasteiger charge is -2.38. The van der Waals surface area contributed by atoms with Crippen LogP contribution in [0.5, 0.6) is 0 Å². The van der Waals surface area contributed by atoms with Crippen LogP contribution >= 0.6 is 0 Å². The van der Waals surface area contributed by atoms with Crippen LogP contribution < -0.4 is 5.32 Å². The van der Waals surface area contributed by atoms with Gasteiger partial charge in [-0.25, -0.2) is 4.98 Å². The molecular formula is C27H34N4O4. The number of carbonyl (C=O) groups is 3. The highest BCUT2D eigenvalue weighted by Gasteiger charge is 2.29. The topological polar surface area (TPSA) is 93.0 Å². The molecule has 0 spiro atoms. The summed E-state index contributed by atoms with van der Waals surface area (Å²) in [5.74, 6) is 0.206. The van der Waals surface area contributed by atoms with Crippen molar-refractivity contribution in [2.75, 3.05) is 26.3 Å². The maximum atomic E-state index is 13.0. The summed E-state index contributed by atoms with van der Waals surface area (Å²) in [6.07, 6.45) is 9.35. The third-order valence-corrected chi connectivity index (χ3v) is 6.95. The van der Waals surface area contributed by atoms with Gasteiger partial charge in [0, 0.05) is 57.3 Å². The molecule has 0 bridgehead atoms. The van der Waals surface area contributed by atoms with Gasteiger partial charge in [0.15, 0.2) is 5.78 Å². The van der Waals surface area contributed by atoms with E-state index in [-0.39, 0.29) is 19.0 Å². The summed E-state index contributed by atoms with van der Waals surface area (Å²) in [5.41, 5.74) is 3.12. The third kappa shape index (κ3) is 6.01. The minimum Gasteiger partial charge on any atom is -0.381 e. The summed E-state index contributed by atoms with van der Waals surface area (Å²) < 4.78 is 7.30. The number of hydrogen-bond acceptors (Lipinski definition) is 6. The van der Waals surface area contributed by atoms with Crippen LogP contribution in [-0.4, -0.2) is 65.1 Å². The summed E-state index contributed by atoms with van der Waals surface area (Å²) in [7, 11) is 0. The summed E-state index contributed by atoms with van der Waals surface area (Å²) in [5, 5.41) is 2.95. The van der Waals surface area contributed by atoms with Gasteiger partial charge in [-0.2, -0.15) is 0 Å². The molecule has 2 saturated heterocycles. The zero-order valence-electron chi connectivity index (χ0n) is 19.9. The van der Waals surface area contributed by atoms with E-state index in [1.54, 1.807) is 18.5 Å². The van der Waals surface area contributed by atoms with Gasteiger partial charge in [0.2, 0.25) is 0 Å². The minimum atomic E-state index is -0.137. The SMILES string of the molecule is C=O.O=C(NCc1ccc(C(=O)C2CCN(C3CCOCC3)CC2)cc1)c1ccc2nccn2c1.[HH]. The fourth-order valence-corrected chi connectivity index (χ4v) is 4.94. The molecule has 35 heavy (non-hydrogen) atoms. The number of Topliss-reactive ketones (excluding diaryl/α,β-unsaturated/α-hetero) is 1. The number of fused-ring (bicyclic) bond motifs is 1. The zero-order chi connectivity index (χ0) is 24.6. The number of likely N-dealkylation sites (tertiary alicyclic amines) is 1. The standard InChI is InChI=1S/C26H30N4O3.CH2O.H2/c31-25(21-7-12-29(13-8-21)23-9-15-33-16-10-23)20-3-1-19(2-4-20)17-28-26(32)22-5-6-24-27-11-14-30(24)18-22;1-2;/h1-6,11,14,18,21,23H,7-10,12-13,15-17H2,(H,28,32);1H2;1H. The van der Waals surface area contributed by atoms with Crippen LogP contribution in [0.25, 0.3) is 5.65 Å². The lowest BCUT2D eigenvalue weighted by atomic mass is 9.87. The molecule has 2 aliphatic rings. The molecule has 8 nitrogen and oxygen atoms in total. The van der Waals surface area contributed by atoms with E-state index >= 15 is 0 Å². The van der Waals surface area contributed by atoms with Gasteiger partial charge in [-0.3, -0.25) is 9.59 Å². The van der Waals surface area contributed by atoms with Gasteiger partial charge in [0.05, 0.1) is 5.56 Å². The number of nitrogens with one attached hydrogen (secondary N) is 1. The Hall–Kier alpha value is -3.36. The molecule has 5 rings (SSSR count). The Labute approximate surface area is 206 Å². The van der Waals surface area contributed by atoms with E-state index in [4.69, 9.17) is 9.53 Å². The minimum absolute atomic E-state index is 0. The molecular weight excluding hydrogens is 444 g/mol. The maximum Gasteiger partial charge on any atom is 0.253 e. The molecule has 0 aliphatic carbocycles. The fraction of sp³-hybridized carbons (Fsp3) is 0.407. The van der Waals surface area contributed by atoms with Crippen LogP contribution in [0.2, 0.25) is 0 Å². The van der Waals surface area contributed by atoms with Crippen molar-refractivity contribution in [2.24, 2.45) is 5.92 Å². The number of imidazole rings is 1. The van der Waals surface area contributed by atoms with Crippen molar-refractivity contribution < 1.29 is 20.5 Å². The second-order valence-electron chi connectivity index (χ2n) is 9.01. The van der Waals surface area contributed by atoms with Crippen LogP contribution in [0.4, 0.5) is 0 Å². The number of piperidine rings is 1. The second-order valence-corrected chi connectivity index (χ2v) is 9.01. The maximum absolute atomic E-state index is 13.0. The number of rotatable bonds is 6. The van der Waals surface area contributed by atoms with E-state index in [9.17, 15) is 9.59 Å². The van der Waals surface area contributed by atoms with Crippen LogP contribution in [-0.2, 0) is 16.1 Å². The molecule has 2 fully saturated rings. The quantitative estimate of drug-likeness (QED) is 0.546. The van der Waals surface area contributed by atoms with Crippen molar-refractivity contribution in [1.29, 1.82) is 0 Å². The number of ether oxygens (including phenoxy) is 1. The van der Waals surface area contributed by atoms with Gasteiger partial charge in [-0.15, -0.1) is 0 Å². The molecule has 1 aromatic carbocycles. The Bertz CT molecular complexity index is 1140. The molecule has 3 aromatic rings. The molecule has 0 radical (unpaired) electrons. The average Bonchev–Trinajstić information content (AvgIpc) is 3.41. The Balaban J connectivity index is 0.00000117. The molecule has 0 saturated carbocycles. The molecule has 0 atom stereocenters. The number of ketones is 1. The Morgan fingerprint density at radius 1 is 1.00 bits per heavy atom. The van der Waals surface area contributed by atoms with E-state index in [0.717, 1.165) is 68.8 Å². The van der Waals surface area contributed by atoms with Gasteiger partial charge in [0.25, 0.3) is 5.91 Å². The molecule has 1 N–H and O–H groups in total. The Morgan fingerprint density at radius 3 is 2.40 bits per heavy atom. The molecule has 8 heteroatoms. The van der Waals surface area contributed by atoms with Crippen LogP contribution in [0, 0.1) is 5.92 Å². The molecule has 186 valence electrons. The van der Waals surface area contributed by atoms with Gasteiger partial charge in [-0.1, -0.05) is 24.3 Å². The number of amides is 1. The number of pyridine rings is 1. The fourth-order valence-electron chi connectivity index (χ4n) is 4.94. The number of aromatic nitrogens is 2. The Kier molecular flexibility index (Phi) is 8.39. The number of benzene rings is 1. The predicted octanol–water partition coefficient (Wildman–Crippen LogP) is 3.40. The van der Waals surface area contributed by atoms with Crippen molar-refractivity contribution in [3.8, 4) is 0 Å². The van der Waals surface area contributed by atoms with E-state index in [0.29, 0.717) is 18.2 Å². The monoisotopic (exact) mass is 478 g/mol. The molecule has 0 unspecified atom stereocenters. The first kappa shape index (κ1) is 24.8. The summed E-state index contributed by atoms with van der Waals surface area (Å²) in [6, 6.07) is 11.9. The highest BCUT2D eigenvalue weighted by molar-refractivity contribution is 5.98. The summed E-state index contributed by atoms with van der Waals surface area (Å²) in [4.78, 5) is 40.2. The van der Waals surface area contributed by atoms with Crippen molar-refractivity contribution in [3.63, 3.8) is 0 Å². The first-order valence-corrected chi connectivity index (χ1v) is 12.1. The van der Waals surface area contributed by atoms with E-state index < -0.39 is 0 Å². The van der Waals surface area contributed by atoms with Crippen molar-refractivity contribution in [2.45, 2.75) is 38.3 Å². The first-order valence-electron chi connectivity index (χ1n) is 12.1. The first-order chi connectivity index (χ1) is 17.2. The second kappa shape index (κ2) is 11.9. The van der Waals surface area contributed by atoms with Crippen LogP contribution in [0.1, 0.15) is 53.4 Å². The normalized spacial score (nSPS) is 17.5. The largest absolute Gasteiger partial charge is 0.381 e. The Morgan fingerprint density at radius 2 is 1.69 bits per heavy atom. The summed E-state index contributed by atoms with van der Waals surface area (Å²) in [6.45, 7) is 6.12. The predicted molar refractivity (Wildman–Crippen MR) is 135 cm³/mol. The highest BCUT2D eigenvalue weighted by atomic mass is 16.5.